The van der Waals surface area contributed by atoms with Gasteiger partial charge < -0.3 is 0 Å². The van der Waals surface area contributed by atoms with E-state index in [0.29, 0.717) is 5.41 Å². The third kappa shape index (κ3) is 3.45. The van der Waals surface area contributed by atoms with Crippen LogP contribution in [-0.4, -0.2) is 9.78 Å². The molecule has 0 N–H and O–H groups in total. The highest BCUT2D eigenvalue weighted by atomic mass is 15.3. The summed E-state index contributed by atoms with van der Waals surface area (Å²) in [5, 5.41) is 4.27. The third-order valence-corrected chi connectivity index (χ3v) is 2.73. The van der Waals surface area contributed by atoms with Crippen LogP contribution in [0.1, 0.15) is 31.9 Å². The van der Waals surface area contributed by atoms with Crippen LogP contribution in [0, 0.1) is 5.41 Å². The largest absolute Gasteiger partial charge is 0.268 e. The van der Waals surface area contributed by atoms with Crippen molar-refractivity contribution in [3.05, 3.63) is 53.9 Å². The first-order valence-corrected chi connectivity index (χ1v) is 6.09. The molecule has 0 amide bonds. The zero-order chi connectivity index (χ0) is 12.3. The smallest absolute Gasteiger partial charge is 0.0662 e. The predicted octanol–water partition coefficient (Wildman–Crippen LogP) is 3.52. The molecule has 2 nitrogen and oxygen atoms in total. The van der Waals surface area contributed by atoms with Crippen LogP contribution in [0.15, 0.2) is 42.7 Å². The van der Waals surface area contributed by atoms with E-state index < -0.39 is 0 Å². The highest BCUT2D eigenvalue weighted by molar-refractivity contribution is 5.28. The Morgan fingerprint density at radius 1 is 1.06 bits per heavy atom. The number of aromatic nitrogens is 2. The topological polar surface area (TPSA) is 17.8 Å². The molecule has 17 heavy (non-hydrogen) atoms. The van der Waals surface area contributed by atoms with Gasteiger partial charge in [-0.05, 0) is 29.0 Å². The summed E-state index contributed by atoms with van der Waals surface area (Å²) < 4.78 is 1.97. The fourth-order valence-corrected chi connectivity index (χ4v) is 2.02. The summed E-state index contributed by atoms with van der Waals surface area (Å²) in [6, 6.07) is 10.6. The summed E-state index contributed by atoms with van der Waals surface area (Å²) in [4.78, 5) is 0. The molecule has 0 atom stereocenters. The highest BCUT2D eigenvalue weighted by Gasteiger charge is 2.13. The van der Waals surface area contributed by atoms with E-state index >= 15 is 0 Å². The van der Waals surface area contributed by atoms with Crippen LogP contribution in [0.25, 0.3) is 0 Å². The van der Waals surface area contributed by atoms with Crippen LogP contribution < -0.4 is 0 Å². The van der Waals surface area contributed by atoms with Gasteiger partial charge in [0.2, 0.25) is 0 Å². The SMILES string of the molecule is CC(C)(C)Cc1ccccc1Cn1cccn1. The monoisotopic (exact) mass is 228 g/mol. The van der Waals surface area contributed by atoms with Gasteiger partial charge in [0.05, 0.1) is 6.54 Å². The number of hydrogen-bond donors (Lipinski definition) is 0. The van der Waals surface area contributed by atoms with E-state index in [4.69, 9.17) is 0 Å². The molecule has 0 radical (unpaired) electrons. The lowest BCUT2D eigenvalue weighted by Gasteiger charge is -2.20. The van der Waals surface area contributed by atoms with E-state index in [-0.39, 0.29) is 0 Å². The fraction of sp³-hybridized carbons (Fsp3) is 0.400. The van der Waals surface area contributed by atoms with Crippen LogP contribution in [0.4, 0.5) is 0 Å². The standard InChI is InChI=1S/C15H20N2/c1-15(2,3)11-13-7-4-5-8-14(13)12-17-10-6-9-16-17/h4-10H,11-12H2,1-3H3. The predicted molar refractivity (Wildman–Crippen MR) is 70.9 cm³/mol. The molecule has 1 aromatic carbocycles. The molecule has 0 aliphatic heterocycles. The third-order valence-electron chi connectivity index (χ3n) is 2.73. The average molecular weight is 228 g/mol. The normalized spacial score (nSPS) is 11.7. The Bertz CT molecular complexity index is 464. The summed E-state index contributed by atoms with van der Waals surface area (Å²) >= 11 is 0. The molecule has 1 aromatic heterocycles. The van der Waals surface area contributed by atoms with Gasteiger partial charge in [-0.25, -0.2) is 0 Å². The van der Waals surface area contributed by atoms with Crippen molar-refractivity contribution in [1.29, 1.82) is 0 Å². The maximum absolute atomic E-state index is 4.27. The molecule has 2 heteroatoms. The maximum atomic E-state index is 4.27. The summed E-state index contributed by atoms with van der Waals surface area (Å²) in [5.41, 5.74) is 3.11. The van der Waals surface area contributed by atoms with Gasteiger partial charge in [0, 0.05) is 12.4 Å². The van der Waals surface area contributed by atoms with Gasteiger partial charge in [0.15, 0.2) is 0 Å². The maximum Gasteiger partial charge on any atom is 0.0662 e. The van der Waals surface area contributed by atoms with E-state index in [0.717, 1.165) is 13.0 Å². The minimum atomic E-state index is 0.320. The zero-order valence-corrected chi connectivity index (χ0v) is 10.9. The quantitative estimate of drug-likeness (QED) is 0.786. The number of hydrogen-bond acceptors (Lipinski definition) is 1. The Kier molecular flexibility index (Phi) is 3.32. The Balaban J connectivity index is 2.22. The van der Waals surface area contributed by atoms with E-state index in [9.17, 15) is 0 Å². The molecular formula is C15H20N2. The lowest BCUT2D eigenvalue weighted by atomic mass is 9.86. The molecule has 0 spiro atoms. The molecular weight excluding hydrogens is 208 g/mol. The van der Waals surface area contributed by atoms with E-state index in [1.54, 1.807) is 0 Å². The van der Waals surface area contributed by atoms with Gasteiger partial charge in [-0.1, -0.05) is 45.0 Å². The van der Waals surface area contributed by atoms with Gasteiger partial charge >= 0.3 is 0 Å². The molecule has 2 aromatic rings. The lowest BCUT2D eigenvalue weighted by molar-refractivity contribution is 0.409. The van der Waals surface area contributed by atoms with Crippen molar-refractivity contribution < 1.29 is 0 Å². The average Bonchev–Trinajstić information content (AvgIpc) is 2.71. The Morgan fingerprint density at radius 2 is 1.76 bits per heavy atom. The molecule has 0 aliphatic carbocycles. The van der Waals surface area contributed by atoms with Crippen LogP contribution in [0.5, 0.6) is 0 Å². The summed E-state index contributed by atoms with van der Waals surface area (Å²) in [6.45, 7) is 7.69. The van der Waals surface area contributed by atoms with E-state index in [2.05, 4.69) is 50.1 Å². The molecule has 2 rings (SSSR count). The van der Waals surface area contributed by atoms with Crippen molar-refractivity contribution in [2.45, 2.75) is 33.7 Å². The van der Waals surface area contributed by atoms with Gasteiger partial charge in [0.1, 0.15) is 0 Å². The summed E-state index contributed by atoms with van der Waals surface area (Å²) in [7, 11) is 0. The van der Waals surface area contributed by atoms with Gasteiger partial charge in [-0.3, -0.25) is 4.68 Å². The van der Waals surface area contributed by atoms with Crippen molar-refractivity contribution in [3.63, 3.8) is 0 Å². The van der Waals surface area contributed by atoms with Crippen LogP contribution in [-0.2, 0) is 13.0 Å². The minimum absolute atomic E-state index is 0.320. The molecule has 0 saturated carbocycles. The van der Waals surface area contributed by atoms with E-state index in [1.165, 1.54) is 11.1 Å². The number of rotatable bonds is 3. The Labute approximate surface area is 103 Å². The van der Waals surface area contributed by atoms with E-state index in [1.807, 2.05) is 23.1 Å². The highest BCUT2D eigenvalue weighted by Crippen LogP contribution is 2.23. The van der Waals surface area contributed by atoms with Crippen LogP contribution in [0.2, 0.25) is 0 Å². The van der Waals surface area contributed by atoms with Gasteiger partial charge in [0.25, 0.3) is 0 Å². The summed E-state index contributed by atoms with van der Waals surface area (Å²) in [6.07, 6.45) is 4.94. The zero-order valence-electron chi connectivity index (χ0n) is 10.9. The van der Waals surface area contributed by atoms with Crippen molar-refractivity contribution in [2.24, 2.45) is 5.41 Å². The Morgan fingerprint density at radius 3 is 2.35 bits per heavy atom. The first-order chi connectivity index (χ1) is 8.04. The second-order valence-corrected chi connectivity index (χ2v) is 5.71. The number of benzene rings is 1. The van der Waals surface area contributed by atoms with Gasteiger partial charge in [-0.2, -0.15) is 5.10 Å². The van der Waals surface area contributed by atoms with Gasteiger partial charge in [-0.15, -0.1) is 0 Å². The molecule has 0 bridgehead atoms. The first kappa shape index (κ1) is 11.9. The van der Waals surface area contributed by atoms with Crippen molar-refractivity contribution in [1.82, 2.24) is 9.78 Å². The molecule has 90 valence electrons. The minimum Gasteiger partial charge on any atom is -0.268 e. The van der Waals surface area contributed by atoms with Crippen molar-refractivity contribution in [3.8, 4) is 0 Å². The van der Waals surface area contributed by atoms with Crippen molar-refractivity contribution >= 4 is 0 Å². The molecule has 0 aliphatic rings. The second kappa shape index (κ2) is 4.74. The lowest BCUT2D eigenvalue weighted by Crippen LogP contribution is -2.12. The van der Waals surface area contributed by atoms with Crippen LogP contribution >= 0.6 is 0 Å². The summed E-state index contributed by atoms with van der Waals surface area (Å²) in [5.74, 6) is 0. The van der Waals surface area contributed by atoms with Crippen LogP contribution in [0.3, 0.4) is 0 Å². The Hall–Kier alpha value is -1.57. The number of nitrogens with zero attached hydrogens (tertiary/aromatic N) is 2. The fourth-order valence-electron chi connectivity index (χ4n) is 2.02. The molecule has 0 saturated heterocycles. The first-order valence-electron chi connectivity index (χ1n) is 6.09. The molecule has 1 heterocycles. The second-order valence-electron chi connectivity index (χ2n) is 5.71. The molecule has 0 fully saturated rings. The van der Waals surface area contributed by atoms with Crippen molar-refractivity contribution in [2.75, 3.05) is 0 Å². The molecule has 0 unspecified atom stereocenters.